The van der Waals surface area contributed by atoms with Crippen LogP contribution in [0.25, 0.3) is 0 Å². The molecule has 1 aromatic carbocycles. The highest BCUT2D eigenvalue weighted by Gasteiger charge is 2.33. The van der Waals surface area contributed by atoms with Gasteiger partial charge in [0.15, 0.2) is 0 Å². The van der Waals surface area contributed by atoms with Crippen LogP contribution in [0.5, 0.6) is 5.75 Å². The minimum Gasteiger partial charge on any atom is -0.490 e. The average molecular weight is 286 g/mol. The maximum absolute atomic E-state index is 6.62. The average Bonchev–Trinajstić information content (AvgIpc) is 2.56. The van der Waals surface area contributed by atoms with Gasteiger partial charge in [0, 0.05) is 0 Å². The van der Waals surface area contributed by atoms with E-state index < -0.39 is 0 Å². The Bertz CT molecular complexity index is 409. The van der Waals surface area contributed by atoms with E-state index in [0.29, 0.717) is 6.10 Å². The molecule has 0 aliphatic heterocycles. The normalized spacial score (nSPS) is 21.6. The van der Waals surface area contributed by atoms with Gasteiger partial charge in [0.05, 0.1) is 0 Å². The van der Waals surface area contributed by atoms with Gasteiger partial charge in [-0.3, -0.25) is 0 Å². The fourth-order valence-electron chi connectivity index (χ4n) is 4.34. The molecule has 0 saturated heterocycles. The molecule has 2 saturated carbocycles. The van der Waals surface area contributed by atoms with E-state index in [4.69, 9.17) is 4.74 Å². The Kier molecular flexibility index (Phi) is 5.22. The largest absolute Gasteiger partial charge is 0.490 e. The van der Waals surface area contributed by atoms with Crippen molar-refractivity contribution in [2.45, 2.75) is 77.2 Å². The minimum absolute atomic E-state index is 0.465. The molecule has 0 radical (unpaired) electrons. The molecule has 2 fully saturated rings. The molecule has 0 spiro atoms. The molecule has 0 amide bonds. The quantitative estimate of drug-likeness (QED) is 0.669. The van der Waals surface area contributed by atoms with Crippen molar-refractivity contribution in [3.8, 4) is 5.75 Å². The van der Waals surface area contributed by atoms with E-state index in [1.54, 1.807) is 0 Å². The van der Waals surface area contributed by atoms with Gasteiger partial charge in [0.25, 0.3) is 0 Å². The predicted molar refractivity (Wildman–Crippen MR) is 88.7 cm³/mol. The molecule has 1 heteroatoms. The molecule has 2 aliphatic rings. The van der Waals surface area contributed by atoms with Crippen molar-refractivity contribution in [2.24, 2.45) is 11.8 Å². The standard InChI is InChI=1S/C20H30O/c1-16-10-8-9-15-19(16)21-20(17-11-4-2-5-12-17)18-13-6-3-7-14-18/h8-10,15,17-18,20H,2-7,11-14H2,1H3. The molecule has 0 aromatic heterocycles. The van der Waals surface area contributed by atoms with Crippen LogP contribution in [0, 0.1) is 18.8 Å². The molecule has 21 heavy (non-hydrogen) atoms. The van der Waals surface area contributed by atoms with E-state index in [-0.39, 0.29) is 0 Å². The molecule has 3 rings (SSSR count). The monoisotopic (exact) mass is 286 g/mol. The number of rotatable bonds is 4. The second-order valence-electron chi connectivity index (χ2n) is 7.14. The summed E-state index contributed by atoms with van der Waals surface area (Å²) in [6.45, 7) is 2.17. The fraction of sp³-hybridized carbons (Fsp3) is 0.700. The van der Waals surface area contributed by atoms with E-state index in [1.807, 2.05) is 0 Å². The van der Waals surface area contributed by atoms with E-state index >= 15 is 0 Å². The summed E-state index contributed by atoms with van der Waals surface area (Å²) in [5, 5.41) is 0. The number of para-hydroxylation sites is 1. The topological polar surface area (TPSA) is 9.23 Å². The first kappa shape index (κ1) is 14.9. The van der Waals surface area contributed by atoms with Gasteiger partial charge in [-0.05, 0) is 56.1 Å². The van der Waals surface area contributed by atoms with Crippen LogP contribution in [0.4, 0.5) is 0 Å². The Morgan fingerprint density at radius 2 is 1.33 bits per heavy atom. The molecule has 116 valence electrons. The second kappa shape index (κ2) is 7.33. The second-order valence-corrected chi connectivity index (χ2v) is 7.14. The summed E-state index contributed by atoms with van der Waals surface area (Å²) in [6.07, 6.45) is 14.5. The molecule has 0 atom stereocenters. The zero-order chi connectivity index (χ0) is 14.5. The Hall–Kier alpha value is -0.980. The summed E-state index contributed by atoms with van der Waals surface area (Å²) in [4.78, 5) is 0. The SMILES string of the molecule is Cc1ccccc1OC(C1CCCCC1)C1CCCCC1. The minimum atomic E-state index is 0.465. The third kappa shape index (κ3) is 3.81. The van der Waals surface area contributed by atoms with Crippen LogP contribution in [0.15, 0.2) is 24.3 Å². The highest BCUT2D eigenvalue weighted by Crippen LogP contribution is 2.38. The number of hydrogen-bond donors (Lipinski definition) is 0. The van der Waals surface area contributed by atoms with Crippen molar-refractivity contribution in [2.75, 3.05) is 0 Å². The first-order chi connectivity index (χ1) is 10.3. The maximum atomic E-state index is 6.62. The first-order valence-electron chi connectivity index (χ1n) is 9.07. The van der Waals surface area contributed by atoms with Crippen LogP contribution in [0.3, 0.4) is 0 Å². The zero-order valence-corrected chi connectivity index (χ0v) is 13.5. The molecule has 0 heterocycles. The summed E-state index contributed by atoms with van der Waals surface area (Å²) in [5.74, 6) is 2.71. The highest BCUT2D eigenvalue weighted by atomic mass is 16.5. The third-order valence-corrected chi connectivity index (χ3v) is 5.59. The van der Waals surface area contributed by atoms with Crippen molar-refractivity contribution < 1.29 is 4.74 Å². The van der Waals surface area contributed by atoms with Crippen molar-refractivity contribution >= 4 is 0 Å². The van der Waals surface area contributed by atoms with Gasteiger partial charge >= 0.3 is 0 Å². The Labute approximate surface area is 130 Å². The smallest absolute Gasteiger partial charge is 0.122 e. The van der Waals surface area contributed by atoms with Crippen LogP contribution in [-0.4, -0.2) is 6.10 Å². The lowest BCUT2D eigenvalue weighted by Crippen LogP contribution is -2.37. The number of hydrogen-bond acceptors (Lipinski definition) is 1. The van der Waals surface area contributed by atoms with Gasteiger partial charge in [0.2, 0.25) is 0 Å². The summed E-state index contributed by atoms with van der Waals surface area (Å²) in [7, 11) is 0. The van der Waals surface area contributed by atoms with Crippen molar-refractivity contribution in [1.29, 1.82) is 0 Å². The molecular formula is C20H30O. The van der Waals surface area contributed by atoms with Crippen LogP contribution in [-0.2, 0) is 0 Å². The van der Waals surface area contributed by atoms with Gasteiger partial charge in [-0.15, -0.1) is 0 Å². The van der Waals surface area contributed by atoms with E-state index in [2.05, 4.69) is 31.2 Å². The number of aryl methyl sites for hydroxylation is 1. The van der Waals surface area contributed by atoms with Crippen LogP contribution in [0.2, 0.25) is 0 Å². The summed E-state index contributed by atoms with van der Waals surface area (Å²) < 4.78 is 6.62. The predicted octanol–water partition coefficient (Wildman–Crippen LogP) is 5.90. The molecule has 0 bridgehead atoms. The van der Waals surface area contributed by atoms with Crippen LogP contribution in [0.1, 0.15) is 69.8 Å². The molecular weight excluding hydrogens is 256 g/mol. The van der Waals surface area contributed by atoms with E-state index in [1.165, 1.54) is 69.8 Å². The van der Waals surface area contributed by atoms with Crippen molar-refractivity contribution in [1.82, 2.24) is 0 Å². The summed E-state index contributed by atoms with van der Waals surface area (Å²) in [5.41, 5.74) is 1.29. The van der Waals surface area contributed by atoms with Crippen molar-refractivity contribution in [3.05, 3.63) is 29.8 Å². The Morgan fingerprint density at radius 3 is 1.86 bits per heavy atom. The number of benzene rings is 1. The fourth-order valence-corrected chi connectivity index (χ4v) is 4.34. The molecule has 0 unspecified atom stereocenters. The zero-order valence-electron chi connectivity index (χ0n) is 13.5. The van der Waals surface area contributed by atoms with Gasteiger partial charge < -0.3 is 4.74 Å². The van der Waals surface area contributed by atoms with Gasteiger partial charge in [-0.25, -0.2) is 0 Å². The lowest BCUT2D eigenvalue weighted by molar-refractivity contribution is 0.0385. The van der Waals surface area contributed by atoms with Crippen LogP contribution < -0.4 is 4.74 Å². The number of ether oxygens (including phenoxy) is 1. The van der Waals surface area contributed by atoms with E-state index in [9.17, 15) is 0 Å². The lowest BCUT2D eigenvalue weighted by Gasteiger charge is -2.38. The van der Waals surface area contributed by atoms with E-state index in [0.717, 1.165) is 17.6 Å². The van der Waals surface area contributed by atoms with Gasteiger partial charge in [-0.2, -0.15) is 0 Å². The first-order valence-corrected chi connectivity index (χ1v) is 9.07. The third-order valence-electron chi connectivity index (χ3n) is 5.59. The highest BCUT2D eigenvalue weighted by molar-refractivity contribution is 5.32. The molecule has 1 nitrogen and oxygen atoms in total. The Morgan fingerprint density at radius 1 is 0.810 bits per heavy atom. The molecule has 0 N–H and O–H groups in total. The maximum Gasteiger partial charge on any atom is 0.122 e. The molecule has 2 aliphatic carbocycles. The summed E-state index contributed by atoms with van der Waals surface area (Å²) in [6, 6.07) is 8.56. The summed E-state index contributed by atoms with van der Waals surface area (Å²) >= 11 is 0. The van der Waals surface area contributed by atoms with Crippen LogP contribution >= 0.6 is 0 Å². The Balaban J connectivity index is 1.75. The lowest BCUT2D eigenvalue weighted by atomic mass is 9.75. The molecule has 1 aromatic rings. The van der Waals surface area contributed by atoms with Crippen molar-refractivity contribution in [3.63, 3.8) is 0 Å². The van der Waals surface area contributed by atoms with Gasteiger partial charge in [0.1, 0.15) is 11.9 Å². The van der Waals surface area contributed by atoms with Gasteiger partial charge in [-0.1, -0.05) is 56.7 Å².